The molecule has 0 aliphatic carbocycles. The summed E-state index contributed by atoms with van der Waals surface area (Å²) in [5, 5.41) is 4.66. The van der Waals surface area contributed by atoms with Crippen LogP contribution in [0.2, 0.25) is 0 Å². The predicted molar refractivity (Wildman–Crippen MR) is 97.7 cm³/mol. The number of hydrogen-bond acceptors (Lipinski definition) is 5. The summed E-state index contributed by atoms with van der Waals surface area (Å²) in [6, 6.07) is 15.9. The largest absolute Gasteiger partial charge is 0.488 e. The van der Waals surface area contributed by atoms with Gasteiger partial charge in [0.05, 0.1) is 5.57 Å². The fourth-order valence-corrected chi connectivity index (χ4v) is 2.44. The quantitative estimate of drug-likeness (QED) is 0.790. The third-order valence-electron chi connectivity index (χ3n) is 3.78. The molecule has 27 heavy (non-hydrogen) atoms. The van der Waals surface area contributed by atoms with Crippen molar-refractivity contribution in [2.45, 2.75) is 6.54 Å². The van der Waals surface area contributed by atoms with Crippen LogP contribution in [0.4, 0.5) is 4.79 Å². The molecule has 0 bridgehead atoms. The Bertz CT molecular complexity index is 877. The highest BCUT2D eigenvalue weighted by Gasteiger charge is 2.19. The van der Waals surface area contributed by atoms with E-state index in [0.717, 1.165) is 11.1 Å². The molecular weight excluding hydrogens is 348 g/mol. The fourth-order valence-electron chi connectivity index (χ4n) is 2.44. The van der Waals surface area contributed by atoms with E-state index in [4.69, 9.17) is 9.47 Å². The van der Waals surface area contributed by atoms with E-state index in [0.29, 0.717) is 11.3 Å². The highest BCUT2D eigenvalue weighted by Crippen LogP contribution is 2.25. The second-order valence-corrected chi connectivity index (χ2v) is 5.79. The monoisotopic (exact) mass is 366 g/mol. The van der Waals surface area contributed by atoms with Crippen molar-refractivity contribution in [3.8, 4) is 5.75 Å². The molecular formula is C20H18N2O5. The van der Waals surface area contributed by atoms with Crippen LogP contribution < -0.4 is 15.4 Å². The molecule has 7 heteroatoms. The molecule has 0 aromatic heterocycles. The standard InChI is InChI=1S/C20H18N2O5/c23-18(22-20(25)21-11-14-6-2-1-3-7-14)13-27-19(24)16-10-15-8-4-5-9-17(15)26-12-16/h1-10H,11-13H2,(H2,21,22,23,25). The normalized spacial score (nSPS) is 12.1. The van der Waals surface area contributed by atoms with E-state index in [1.165, 1.54) is 0 Å². The Labute approximate surface area is 156 Å². The molecule has 138 valence electrons. The van der Waals surface area contributed by atoms with Gasteiger partial charge in [-0.05, 0) is 17.7 Å². The fraction of sp³-hybridized carbons (Fsp3) is 0.150. The zero-order valence-electron chi connectivity index (χ0n) is 14.4. The number of rotatable bonds is 5. The van der Waals surface area contributed by atoms with Crippen LogP contribution in [-0.4, -0.2) is 31.1 Å². The van der Waals surface area contributed by atoms with Gasteiger partial charge in [0.15, 0.2) is 6.61 Å². The van der Waals surface area contributed by atoms with Gasteiger partial charge in [0.2, 0.25) is 0 Å². The molecule has 3 amide bonds. The molecule has 2 aromatic rings. The highest BCUT2D eigenvalue weighted by atomic mass is 16.5. The van der Waals surface area contributed by atoms with Gasteiger partial charge in [-0.3, -0.25) is 10.1 Å². The summed E-state index contributed by atoms with van der Waals surface area (Å²) in [6.45, 7) is -0.213. The third-order valence-corrected chi connectivity index (χ3v) is 3.78. The van der Waals surface area contributed by atoms with Gasteiger partial charge in [0, 0.05) is 12.1 Å². The van der Waals surface area contributed by atoms with Crippen molar-refractivity contribution in [1.82, 2.24) is 10.6 Å². The number of imide groups is 1. The number of para-hydroxylation sites is 1. The smallest absolute Gasteiger partial charge is 0.338 e. The molecule has 2 aromatic carbocycles. The Morgan fingerprint density at radius 1 is 1.00 bits per heavy atom. The van der Waals surface area contributed by atoms with Crippen LogP contribution in [0.1, 0.15) is 11.1 Å². The summed E-state index contributed by atoms with van der Waals surface area (Å²) in [5.74, 6) is -0.696. The number of carbonyl (C=O) groups excluding carboxylic acids is 3. The van der Waals surface area contributed by atoms with E-state index in [1.54, 1.807) is 12.1 Å². The van der Waals surface area contributed by atoms with Gasteiger partial charge in [-0.15, -0.1) is 0 Å². The van der Waals surface area contributed by atoms with Crippen LogP contribution in [0.5, 0.6) is 5.75 Å². The molecule has 0 atom stereocenters. The first-order chi connectivity index (χ1) is 13.1. The average Bonchev–Trinajstić information content (AvgIpc) is 2.71. The van der Waals surface area contributed by atoms with Gasteiger partial charge in [0.25, 0.3) is 5.91 Å². The summed E-state index contributed by atoms with van der Waals surface area (Å²) in [4.78, 5) is 35.5. The summed E-state index contributed by atoms with van der Waals surface area (Å²) in [5.41, 5.74) is 1.96. The molecule has 1 aliphatic rings. The van der Waals surface area contributed by atoms with Crippen molar-refractivity contribution in [2.75, 3.05) is 13.2 Å². The van der Waals surface area contributed by atoms with E-state index >= 15 is 0 Å². The molecule has 3 rings (SSSR count). The van der Waals surface area contributed by atoms with Gasteiger partial charge in [0.1, 0.15) is 12.4 Å². The molecule has 0 radical (unpaired) electrons. The molecule has 0 unspecified atom stereocenters. The SMILES string of the molecule is O=C(COC(=O)C1=Cc2ccccc2OC1)NC(=O)NCc1ccccc1. The number of carbonyl (C=O) groups is 3. The molecule has 0 saturated heterocycles. The average molecular weight is 366 g/mol. The van der Waals surface area contributed by atoms with Crippen LogP contribution in [-0.2, 0) is 20.9 Å². The minimum atomic E-state index is -0.716. The number of benzene rings is 2. The molecule has 0 spiro atoms. The second kappa shape index (κ2) is 8.66. The summed E-state index contributed by atoms with van der Waals surface area (Å²) in [7, 11) is 0. The van der Waals surface area contributed by atoms with Crippen molar-refractivity contribution in [2.24, 2.45) is 0 Å². The number of nitrogens with one attached hydrogen (secondary N) is 2. The van der Waals surface area contributed by atoms with Gasteiger partial charge in [-0.1, -0.05) is 48.5 Å². The molecule has 7 nitrogen and oxygen atoms in total. The number of hydrogen-bond donors (Lipinski definition) is 2. The lowest BCUT2D eigenvalue weighted by molar-refractivity contribution is -0.144. The topological polar surface area (TPSA) is 93.7 Å². The van der Waals surface area contributed by atoms with E-state index in [2.05, 4.69) is 10.6 Å². The number of amides is 3. The molecule has 2 N–H and O–H groups in total. The number of urea groups is 1. The Morgan fingerprint density at radius 2 is 1.74 bits per heavy atom. The predicted octanol–water partition coefficient (Wildman–Crippen LogP) is 2.03. The van der Waals surface area contributed by atoms with Crippen LogP contribution in [0.15, 0.2) is 60.2 Å². The number of ether oxygens (including phenoxy) is 2. The maximum absolute atomic E-state index is 12.1. The van der Waals surface area contributed by atoms with Gasteiger partial charge in [-0.25, -0.2) is 9.59 Å². The van der Waals surface area contributed by atoms with Gasteiger partial charge >= 0.3 is 12.0 Å². The molecule has 0 fully saturated rings. The van der Waals surface area contributed by atoms with Crippen LogP contribution >= 0.6 is 0 Å². The maximum atomic E-state index is 12.1. The van der Waals surface area contributed by atoms with Crippen molar-refractivity contribution in [3.05, 3.63) is 71.3 Å². The number of esters is 1. The van der Waals surface area contributed by atoms with Crippen molar-refractivity contribution in [3.63, 3.8) is 0 Å². The second-order valence-electron chi connectivity index (χ2n) is 5.79. The maximum Gasteiger partial charge on any atom is 0.338 e. The highest BCUT2D eigenvalue weighted by molar-refractivity contribution is 5.98. The summed E-state index contributed by atoms with van der Waals surface area (Å²) < 4.78 is 10.4. The zero-order valence-corrected chi connectivity index (χ0v) is 14.4. The first-order valence-electron chi connectivity index (χ1n) is 8.33. The first-order valence-corrected chi connectivity index (χ1v) is 8.33. The summed E-state index contributed by atoms with van der Waals surface area (Å²) in [6.07, 6.45) is 1.66. The van der Waals surface area contributed by atoms with Crippen LogP contribution in [0.3, 0.4) is 0 Å². The Hall–Kier alpha value is -3.61. The minimum Gasteiger partial charge on any atom is -0.488 e. The summed E-state index contributed by atoms with van der Waals surface area (Å²) >= 11 is 0. The van der Waals surface area contributed by atoms with Crippen LogP contribution in [0.25, 0.3) is 6.08 Å². The van der Waals surface area contributed by atoms with E-state index in [-0.39, 0.29) is 13.2 Å². The van der Waals surface area contributed by atoms with Gasteiger partial charge in [-0.2, -0.15) is 0 Å². The Balaban J connectivity index is 1.43. The lowest BCUT2D eigenvalue weighted by Crippen LogP contribution is -2.41. The number of fused-ring (bicyclic) bond motifs is 1. The first kappa shape index (κ1) is 18.2. The van der Waals surface area contributed by atoms with Gasteiger partial charge < -0.3 is 14.8 Å². The molecule has 1 aliphatic heterocycles. The third kappa shape index (κ3) is 5.18. The Morgan fingerprint density at radius 3 is 2.56 bits per heavy atom. The van der Waals surface area contributed by atoms with Crippen molar-refractivity contribution < 1.29 is 23.9 Å². The van der Waals surface area contributed by atoms with E-state index in [9.17, 15) is 14.4 Å². The Kier molecular flexibility index (Phi) is 5.84. The van der Waals surface area contributed by atoms with E-state index in [1.807, 2.05) is 48.5 Å². The van der Waals surface area contributed by atoms with E-state index < -0.39 is 24.5 Å². The molecule has 1 heterocycles. The van der Waals surface area contributed by atoms with Crippen LogP contribution in [0, 0.1) is 0 Å². The lowest BCUT2D eigenvalue weighted by Gasteiger charge is -2.16. The molecule has 0 saturated carbocycles. The minimum absolute atomic E-state index is 0.0645. The lowest BCUT2D eigenvalue weighted by atomic mass is 10.1. The van der Waals surface area contributed by atoms with Crippen molar-refractivity contribution in [1.29, 1.82) is 0 Å². The zero-order chi connectivity index (χ0) is 19.1. The van der Waals surface area contributed by atoms with Crippen molar-refractivity contribution >= 4 is 24.0 Å².